The van der Waals surface area contributed by atoms with Crippen molar-refractivity contribution in [3.63, 3.8) is 0 Å². The van der Waals surface area contributed by atoms with E-state index in [1.54, 1.807) is 24.3 Å². The van der Waals surface area contributed by atoms with Crippen LogP contribution in [0.5, 0.6) is 17.2 Å². The molecule has 11 N–H and O–H groups in total. The minimum atomic E-state index is -3.69. The van der Waals surface area contributed by atoms with Crippen LogP contribution in [0.1, 0.15) is 112 Å². The number of halogens is 2. The number of ether oxygens (including phenoxy) is 5. The van der Waals surface area contributed by atoms with Crippen molar-refractivity contribution in [3.05, 3.63) is 173 Å². The lowest BCUT2D eigenvalue weighted by Crippen LogP contribution is -2.37. The van der Waals surface area contributed by atoms with Crippen molar-refractivity contribution in [2.75, 3.05) is 213 Å². The highest BCUT2D eigenvalue weighted by molar-refractivity contribution is 8.13. The molecule has 0 radical (unpaired) electrons. The summed E-state index contributed by atoms with van der Waals surface area (Å²) in [7, 11) is 1.41. The largest absolute Gasteiger partial charge is 0.508 e. The second-order valence-corrected chi connectivity index (χ2v) is 29.0. The van der Waals surface area contributed by atoms with E-state index in [1.165, 1.54) is 67.8 Å². The first-order valence-electron chi connectivity index (χ1n) is 39.3. The van der Waals surface area contributed by atoms with Gasteiger partial charge >= 0.3 is 0 Å². The van der Waals surface area contributed by atoms with Gasteiger partial charge in [0.05, 0.1) is 44.5 Å². The molecule has 2 amide bonds. The molecule has 0 aliphatic carbocycles. The molecule has 3 aliphatic rings. The number of hydrogen-bond acceptors (Lipinski definition) is 23. The van der Waals surface area contributed by atoms with Gasteiger partial charge in [-0.2, -0.15) is 0 Å². The summed E-state index contributed by atoms with van der Waals surface area (Å²) in [6, 6.07) is 42.8. The number of carbonyl (C=O) groups excluding carboxylic acids is 4. The van der Waals surface area contributed by atoms with Crippen molar-refractivity contribution in [1.29, 1.82) is 0 Å². The van der Waals surface area contributed by atoms with E-state index in [0.29, 0.717) is 30.0 Å². The molecule has 0 bridgehead atoms. The second-order valence-electron chi connectivity index (χ2n) is 26.0. The summed E-state index contributed by atoms with van der Waals surface area (Å²) in [5, 5.41) is 20.9. The third-order valence-corrected chi connectivity index (χ3v) is 19.2. The molecule has 6 aromatic carbocycles. The van der Waals surface area contributed by atoms with E-state index in [4.69, 9.17) is 68.3 Å². The van der Waals surface area contributed by atoms with Gasteiger partial charge < -0.3 is 82.0 Å². The number of hydrogen-bond donors (Lipinski definition) is 8. The number of aldehydes is 2. The van der Waals surface area contributed by atoms with Gasteiger partial charge in [0.25, 0.3) is 9.05 Å². The first kappa shape index (κ1) is 101. The maximum atomic E-state index is 10.9. The van der Waals surface area contributed by atoms with Gasteiger partial charge in [-0.05, 0) is 224 Å². The Morgan fingerprint density at radius 3 is 1.17 bits per heavy atom. The molecule has 3 saturated heterocycles. The zero-order chi connectivity index (χ0) is 82.3. The van der Waals surface area contributed by atoms with Gasteiger partial charge in [0.15, 0.2) is 0 Å². The van der Waals surface area contributed by atoms with Crippen LogP contribution in [0, 0.1) is 0 Å². The molecule has 28 heteroatoms. The van der Waals surface area contributed by atoms with Crippen molar-refractivity contribution in [1.82, 2.24) is 40.0 Å². The Balaban J connectivity index is 0.000000442. The van der Waals surface area contributed by atoms with Crippen LogP contribution < -0.4 is 47.9 Å². The molecule has 0 aromatic heterocycles. The molecule has 25 nitrogen and oxygen atoms in total. The smallest absolute Gasteiger partial charge is 0.261 e. The molecule has 0 unspecified atom stereocenters. The molecule has 112 heavy (non-hydrogen) atoms. The fourth-order valence-corrected chi connectivity index (χ4v) is 11.8. The van der Waals surface area contributed by atoms with Crippen LogP contribution in [-0.2, 0) is 52.5 Å². The highest BCUT2D eigenvalue weighted by Crippen LogP contribution is 2.19. The number of amides is 2. The van der Waals surface area contributed by atoms with E-state index < -0.39 is 9.05 Å². The number of likely N-dealkylation sites (N-methyl/N-ethyl adjacent to an activating group) is 2. The molecule has 626 valence electrons. The van der Waals surface area contributed by atoms with Gasteiger partial charge in [-0.1, -0.05) is 77.9 Å². The lowest BCUT2D eigenvalue weighted by Gasteiger charge is -2.26. The number of aromatic hydroxyl groups is 1. The van der Waals surface area contributed by atoms with Gasteiger partial charge in [-0.3, -0.25) is 33.9 Å². The van der Waals surface area contributed by atoms with Crippen LogP contribution in [0.15, 0.2) is 150 Å². The monoisotopic (exact) mass is 1620 g/mol. The molecule has 0 spiro atoms. The second kappa shape index (κ2) is 65.1. The van der Waals surface area contributed by atoms with Crippen molar-refractivity contribution >= 4 is 72.8 Å². The number of nitrogens with one attached hydrogen (secondary N) is 4. The first-order valence-corrected chi connectivity index (χ1v) is 42.1. The topological polar surface area (TPSA) is 314 Å². The molecular weight excluding hydrogens is 1490 g/mol. The molecule has 3 aliphatic heterocycles. The third kappa shape index (κ3) is 51.5. The van der Waals surface area contributed by atoms with E-state index in [-0.39, 0.29) is 22.5 Å². The van der Waals surface area contributed by atoms with E-state index in [1.807, 2.05) is 72.8 Å². The number of phenolic OH excluding ortho intramolecular Hbond substituents is 1. The predicted molar refractivity (Wildman–Crippen MR) is 458 cm³/mol. The maximum absolute atomic E-state index is 10.9. The number of benzene rings is 6. The van der Waals surface area contributed by atoms with Crippen LogP contribution >= 0.6 is 22.3 Å². The summed E-state index contributed by atoms with van der Waals surface area (Å²) >= 11 is 5.51. The Bertz CT molecular complexity index is 3410. The van der Waals surface area contributed by atoms with Gasteiger partial charge in [0.2, 0.25) is 11.8 Å². The quantitative estimate of drug-likeness (QED) is 0.00591. The predicted octanol–water partition coefficient (Wildman–Crippen LogP) is 10.6. The van der Waals surface area contributed by atoms with Crippen LogP contribution in [0.25, 0.3) is 0 Å². The van der Waals surface area contributed by atoms with Gasteiger partial charge in [-0.15, -0.1) is 11.6 Å². The van der Waals surface area contributed by atoms with Crippen molar-refractivity contribution in [2.45, 2.75) is 99.2 Å². The average Bonchev–Trinajstić information content (AvgIpc) is 0.857. The number of nitrogens with two attached hydrogens (primary N) is 3. The lowest BCUT2D eigenvalue weighted by molar-refractivity contribution is -0.115. The Morgan fingerprint density at radius 1 is 0.500 bits per heavy atom. The maximum Gasteiger partial charge on any atom is 0.261 e. The standard InChI is InChI=1S/C16H25N3O2.C14H23N3O.C13H22N2O.C13H19NO2.C8H8ClNO3S.C7H16N2O.C7H6O2.C6H14ClN/c1-14(20)18-16-5-3-15(4-6-16)13-17-7-2-8-19-9-11-21-12-10-19;15-14-4-2-13(3-5-14)12-16-6-1-7-17-8-10-18-11-9-17;1-3-15(4-2)9-10-16-13-7-5-12(11-14)6-8-13;1-3-14(4-2)9-10-16-13-7-5-12(11-15)6-8-13;1-6(11)10-7-2-4-8(5-3-7)14(9,12)13;8-2-1-3-9-4-6-10-7-5-9;8-5-6-1-3-7(9)4-2-6;1-3-8(4-2)6-5-7/h3-6,17H,2,7-13H2,1H3,(H,18,20);2-5,16H,1,6-12,15H2;5-8H,3-4,9-11,14H2,1-2H3;5-8,11H,3-4,9-10H2,1-2H3;2-5H,1H3,(H,10,11);1-8H2;1-5,9H;3-6H2,1-2H3. The summed E-state index contributed by atoms with van der Waals surface area (Å²) < 4.78 is 48.8. The SMILES string of the molecule is CC(=O)Nc1ccc(CNCCCN2CCOCC2)cc1.CC(=O)Nc1ccc(S(=O)(=O)Cl)cc1.CCN(CC)CCCl.CCN(CC)CCOc1ccc(C=O)cc1.CCN(CC)CCOc1ccc(CN)cc1.NCCCN1CCOCC1.Nc1ccc(CNCCCN2CCOCC2)cc1.O=Cc1ccc(O)cc1. The number of carbonyl (C=O) groups is 4. The summed E-state index contributed by atoms with van der Waals surface area (Å²) in [5.41, 5.74) is 23.7. The van der Waals surface area contributed by atoms with Gasteiger partial charge in [0.1, 0.15) is 43.0 Å². The Labute approximate surface area is 679 Å². The number of nitrogens with zero attached hydrogens (tertiary/aromatic N) is 6. The van der Waals surface area contributed by atoms with Crippen molar-refractivity contribution < 1.29 is 56.4 Å². The summed E-state index contributed by atoms with van der Waals surface area (Å²) in [6.45, 7) is 47.1. The summed E-state index contributed by atoms with van der Waals surface area (Å²) in [5.74, 6) is 2.42. The van der Waals surface area contributed by atoms with Gasteiger partial charge in [0, 0.05) is 137 Å². The summed E-state index contributed by atoms with van der Waals surface area (Å²) in [6.07, 6.45) is 5.03. The number of rotatable bonds is 37. The number of anilines is 3. The van der Waals surface area contributed by atoms with Crippen molar-refractivity contribution in [2.24, 2.45) is 11.5 Å². The van der Waals surface area contributed by atoms with E-state index in [0.717, 1.165) is 257 Å². The number of morpholine rings is 3. The first-order chi connectivity index (χ1) is 54.2. The molecular formula is C84H133Cl2N13O12S. The highest BCUT2D eigenvalue weighted by atomic mass is 35.7. The fraction of sp³-hybridized carbons (Fsp3) is 0.524. The van der Waals surface area contributed by atoms with Crippen LogP contribution in [0.2, 0.25) is 0 Å². The zero-order valence-electron chi connectivity index (χ0n) is 68.0. The Hall–Kier alpha value is -7.19. The minimum absolute atomic E-state index is 0.00766. The normalized spacial score (nSPS) is 13.5. The molecule has 3 fully saturated rings. The van der Waals surface area contributed by atoms with Crippen LogP contribution in [-0.4, -0.2) is 263 Å². The van der Waals surface area contributed by atoms with Crippen molar-refractivity contribution in [3.8, 4) is 17.2 Å². The highest BCUT2D eigenvalue weighted by Gasteiger charge is 2.13. The Kier molecular flexibility index (Phi) is 58.7. The lowest BCUT2D eigenvalue weighted by atomic mass is 10.2. The van der Waals surface area contributed by atoms with Crippen LogP contribution in [0.4, 0.5) is 17.1 Å². The fourth-order valence-electron chi connectivity index (χ4n) is 10.8. The third-order valence-electron chi connectivity index (χ3n) is 17.7. The number of nitrogen functional groups attached to an aromatic ring is 1. The number of alkyl halides is 1. The van der Waals surface area contributed by atoms with Gasteiger partial charge in [-0.25, -0.2) is 8.42 Å². The molecule has 0 saturated carbocycles. The van der Waals surface area contributed by atoms with E-state index in [2.05, 4.69) is 104 Å². The van der Waals surface area contributed by atoms with E-state index in [9.17, 15) is 27.6 Å². The van der Waals surface area contributed by atoms with E-state index >= 15 is 0 Å². The average molecular weight is 1620 g/mol. The number of phenols is 1. The summed E-state index contributed by atoms with van der Waals surface area (Å²) in [4.78, 5) is 56.3. The Morgan fingerprint density at radius 2 is 0.839 bits per heavy atom. The molecule has 0 atom stereocenters. The van der Waals surface area contributed by atoms with Crippen LogP contribution in [0.3, 0.4) is 0 Å². The minimum Gasteiger partial charge on any atom is -0.508 e. The molecule has 9 rings (SSSR count). The molecule has 6 aromatic rings. The molecule has 3 heterocycles. The zero-order valence-corrected chi connectivity index (χ0v) is 70.3.